The molecule has 0 unspecified atom stereocenters. The van der Waals surface area contributed by atoms with Crippen LogP contribution in [0.25, 0.3) is 22.6 Å². The monoisotopic (exact) mass is 560 g/mol. The number of alkyl halides is 2. The highest BCUT2D eigenvalue weighted by Gasteiger charge is 2.31. The minimum Gasteiger partial charge on any atom is -0.322 e. The van der Waals surface area contributed by atoms with Crippen molar-refractivity contribution < 1.29 is 17.2 Å². The first-order valence-electron chi connectivity index (χ1n) is 13.3. The van der Waals surface area contributed by atoms with Gasteiger partial charge in [-0.15, -0.1) is 0 Å². The summed E-state index contributed by atoms with van der Waals surface area (Å²) >= 11 is 0. The van der Waals surface area contributed by atoms with E-state index in [0.29, 0.717) is 23.0 Å². The minimum atomic E-state index is -3.85. The van der Waals surface area contributed by atoms with Crippen LogP contribution < -0.4 is 20.7 Å². The summed E-state index contributed by atoms with van der Waals surface area (Å²) in [5, 5.41) is 2.19. The van der Waals surface area contributed by atoms with E-state index < -0.39 is 27.9 Å². The van der Waals surface area contributed by atoms with Crippen molar-refractivity contribution in [2.24, 2.45) is 0 Å². The molecule has 40 heavy (non-hydrogen) atoms. The number of benzene rings is 3. The number of rotatable bonds is 8. The van der Waals surface area contributed by atoms with E-state index in [1.165, 1.54) is 12.5 Å². The molecular formula is C32H30F2N2O3S. The second-order valence-corrected chi connectivity index (χ2v) is 11.6. The molecule has 0 spiro atoms. The number of H-pyrrole nitrogens is 1. The van der Waals surface area contributed by atoms with E-state index in [9.17, 15) is 22.0 Å². The predicted octanol–water partition coefficient (Wildman–Crippen LogP) is 5.72. The molecule has 0 amide bonds. The molecular weight excluding hydrogens is 530 g/mol. The number of hydrogen-bond donors (Lipinski definition) is 2. The molecule has 5 nitrogen and oxygen atoms in total. The van der Waals surface area contributed by atoms with Crippen LogP contribution in [-0.4, -0.2) is 13.4 Å². The zero-order valence-corrected chi connectivity index (χ0v) is 23.1. The quantitative estimate of drug-likeness (QED) is 0.289. The summed E-state index contributed by atoms with van der Waals surface area (Å²) in [6.45, 7) is 3.47. The van der Waals surface area contributed by atoms with Gasteiger partial charge in [0.25, 0.3) is 15.9 Å². The molecule has 0 saturated carbocycles. The molecule has 206 valence electrons. The van der Waals surface area contributed by atoms with Gasteiger partial charge in [0.15, 0.2) is 0 Å². The average molecular weight is 561 g/mol. The van der Waals surface area contributed by atoms with E-state index in [4.69, 9.17) is 0 Å². The van der Waals surface area contributed by atoms with Crippen molar-refractivity contribution in [3.8, 4) is 0 Å². The second kappa shape index (κ2) is 10.8. The van der Waals surface area contributed by atoms with Crippen LogP contribution in [0.5, 0.6) is 0 Å². The fraction of sp³-hybridized carbons (Fsp3) is 0.219. The number of anilines is 1. The highest BCUT2D eigenvalue weighted by molar-refractivity contribution is 7.92. The third-order valence-corrected chi connectivity index (χ3v) is 8.69. The lowest BCUT2D eigenvalue weighted by Gasteiger charge is -2.17. The minimum absolute atomic E-state index is 0.124. The van der Waals surface area contributed by atoms with Crippen LogP contribution in [0.2, 0.25) is 0 Å². The topological polar surface area (TPSA) is 79.0 Å². The number of halogens is 2. The molecule has 0 fully saturated rings. The second-order valence-electron chi connectivity index (χ2n) is 9.93. The van der Waals surface area contributed by atoms with Gasteiger partial charge in [-0.3, -0.25) is 9.52 Å². The average Bonchev–Trinajstić information content (AvgIpc) is 3.16. The molecule has 1 aliphatic rings. The summed E-state index contributed by atoms with van der Waals surface area (Å²) in [7, 11) is -3.85. The fourth-order valence-electron chi connectivity index (χ4n) is 5.09. The van der Waals surface area contributed by atoms with Gasteiger partial charge in [0, 0.05) is 34.2 Å². The summed E-state index contributed by atoms with van der Waals surface area (Å²) in [5.74, 6) is -3.13. The van der Waals surface area contributed by atoms with Crippen LogP contribution in [0.3, 0.4) is 0 Å². The van der Waals surface area contributed by atoms with E-state index in [1.807, 2.05) is 24.3 Å². The zero-order chi connectivity index (χ0) is 28.5. The summed E-state index contributed by atoms with van der Waals surface area (Å²) < 4.78 is 58.5. The Labute approximate surface area is 231 Å². The molecule has 1 heterocycles. The van der Waals surface area contributed by atoms with Gasteiger partial charge < -0.3 is 4.98 Å². The first-order chi connectivity index (χ1) is 19.1. The highest BCUT2D eigenvalue weighted by atomic mass is 32.2. The van der Waals surface area contributed by atoms with Gasteiger partial charge in [-0.2, -0.15) is 0 Å². The Morgan fingerprint density at radius 2 is 1.73 bits per heavy atom. The normalized spacial score (nSPS) is 13.6. The van der Waals surface area contributed by atoms with Gasteiger partial charge in [-0.25, -0.2) is 17.2 Å². The summed E-state index contributed by atoms with van der Waals surface area (Å²) in [5.41, 5.74) is 2.84. The molecule has 8 heteroatoms. The fourth-order valence-corrected chi connectivity index (χ4v) is 6.17. The Morgan fingerprint density at radius 3 is 2.45 bits per heavy atom. The summed E-state index contributed by atoms with van der Waals surface area (Å²) in [6, 6.07) is 18.2. The highest BCUT2D eigenvalue weighted by Crippen LogP contribution is 2.35. The van der Waals surface area contributed by atoms with Gasteiger partial charge in [0.1, 0.15) is 0 Å². The molecule has 0 radical (unpaired) electrons. The third-order valence-electron chi connectivity index (χ3n) is 7.31. The van der Waals surface area contributed by atoms with E-state index in [-0.39, 0.29) is 10.5 Å². The van der Waals surface area contributed by atoms with Crippen molar-refractivity contribution in [3.05, 3.63) is 116 Å². The molecule has 5 rings (SSSR count). The number of aromatic nitrogens is 1. The number of hydrogen-bond acceptors (Lipinski definition) is 3. The maximum absolute atomic E-state index is 14.6. The lowest BCUT2D eigenvalue weighted by atomic mass is 9.97. The van der Waals surface area contributed by atoms with Crippen molar-refractivity contribution in [2.45, 2.75) is 50.3 Å². The number of allylic oxidation sites excluding steroid dienone is 2. The SMILES string of the molecule is CCC1=c2cccc(NS(=O)(=O)c3ccc(Cc4ccc5[nH]c(=O)cc(C(F)(F)CC)c5c4)cc3)c2=CC=CC1. The van der Waals surface area contributed by atoms with Crippen molar-refractivity contribution >= 4 is 38.3 Å². The van der Waals surface area contributed by atoms with Crippen LogP contribution in [0.15, 0.2) is 88.6 Å². The predicted molar refractivity (Wildman–Crippen MR) is 156 cm³/mol. The van der Waals surface area contributed by atoms with Crippen molar-refractivity contribution in [1.82, 2.24) is 4.98 Å². The van der Waals surface area contributed by atoms with Crippen LogP contribution in [0.1, 0.15) is 49.8 Å². The van der Waals surface area contributed by atoms with Gasteiger partial charge >= 0.3 is 0 Å². The number of nitrogens with one attached hydrogen (secondary N) is 2. The van der Waals surface area contributed by atoms with Crippen molar-refractivity contribution in [2.75, 3.05) is 4.72 Å². The number of fused-ring (bicyclic) bond motifs is 2. The summed E-state index contributed by atoms with van der Waals surface area (Å²) in [6.07, 6.45) is 7.64. The first kappa shape index (κ1) is 27.5. The Morgan fingerprint density at radius 1 is 0.975 bits per heavy atom. The van der Waals surface area contributed by atoms with Crippen LogP contribution in [-0.2, 0) is 22.4 Å². The molecule has 0 aliphatic heterocycles. The molecule has 3 aromatic carbocycles. The molecule has 4 aromatic rings. The van der Waals surface area contributed by atoms with Gasteiger partial charge in [0.2, 0.25) is 5.56 Å². The van der Waals surface area contributed by atoms with Crippen LogP contribution in [0, 0.1) is 0 Å². The van der Waals surface area contributed by atoms with Gasteiger partial charge in [-0.05, 0) is 65.9 Å². The van der Waals surface area contributed by atoms with E-state index in [2.05, 4.69) is 22.7 Å². The Kier molecular flexibility index (Phi) is 7.47. The Hall–Kier alpha value is -4.04. The smallest absolute Gasteiger partial charge is 0.273 e. The lowest BCUT2D eigenvalue weighted by molar-refractivity contribution is -0.00686. The number of sulfonamides is 1. The van der Waals surface area contributed by atoms with Crippen molar-refractivity contribution in [1.29, 1.82) is 0 Å². The summed E-state index contributed by atoms with van der Waals surface area (Å²) in [4.78, 5) is 14.7. The lowest BCUT2D eigenvalue weighted by Crippen LogP contribution is -2.31. The van der Waals surface area contributed by atoms with Crippen molar-refractivity contribution in [3.63, 3.8) is 0 Å². The maximum Gasteiger partial charge on any atom is 0.273 e. The van der Waals surface area contributed by atoms with Crippen LogP contribution in [0.4, 0.5) is 14.5 Å². The van der Waals surface area contributed by atoms with Gasteiger partial charge in [0.05, 0.1) is 10.6 Å². The van der Waals surface area contributed by atoms with Gasteiger partial charge in [-0.1, -0.05) is 68.0 Å². The van der Waals surface area contributed by atoms with E-state index >= 15 is 0 Å². The molecule has 0 saturated heterocycles. The number of aromatic amines is 1. The maximum atomic E-state index is 14.6. The standard InChI is InChI=1S/C32H30F2N2O3S/c1-3-23-8-5-6-9-26-25(23)10-7-11-30(26)36-40(38,39)24-15-12-21(13-16-24)18-22-14-17-29-27(19-22)28(20-31(37)35-29)32(33,34)4-2/h5-7,9-17,19-20,36H,3-4,8,18H2,1-2H3,(H,35,37). The molecule has 0 atom stereocenters. The molecule has 1 aliphatic carbocycles. The number of pyridine rings is 1. The molecule has 0 bridgehead atoms. The Balaban J connectivity index is 1.42. The molecule has 1 aromatic heterocycles. The van der Waals surface area contributed by atoms with Crippen LogP contribution >= 0.6 is 0 Å². The zero-order valence-electron chi connectivity index (χ0n) is 22.3. The van der Waals surface area contributed by atoms with E-state index in [1.54, 1.807) is 48.5 Å². The largest absolute Gasteiger partial charge is 0.322 e. The van der Waals surface area contributed by atoms with E-state index in [0.717, 1.165) is 40.5 Å². The molecule has 2 N–H and O–H groups in total. The Bertz CT molecular complexity index is 1910. The first-order valence-corrected chi connectivity index (χ1v) is 14.7. The third kappa shape index (κ3) is 5.49.